The van der Waals surface area contributed by atoms with Crippen molar-refractivity contribution in [2.75, 3.05) is 0 Å². The molecule has 0 radical (unpaired) electrons. The molecule has 3 rings (SSSR count). The Labute approximate surface area is 155 Å². The standard InChI is InChI=1S/C21H19F3N2O/c1-2-15-13-25-20(26-14-15)18-9-5-16(6-10-18)3-4-17-7-11-19(12-8-17)27-21(22,23)24/h5-14H,2-4H2,1H3. The molecule has 0 amide bonds. The van der Waals surface area contributed by atoms with E-state index in [-0.39, 0.29) is 5.75 Å². The van der Waals surface area contributed by atoms with Crippen LogP contribution < -0.4 is 4.74 Å². The van der Waals surface area contributed by atoms with Crippen molar-refractivity contribution in [3.8, 4) is 17.1 Å². The zero-order valence-electron chi connectivity index (χ0n) is 14.8. The molecule has 140 valence electrons. The van der Waals surface area contributed by atoms with Gasteiger partial charge in [-0.2, -0.15) is 0 Å². The number of rotatable bonds is 6. The van der Waals surface area contributed by atoms with Gasteiger partial charge >= 0.3 is 6.36 Å². The summed E-state index contributed by atoms with van der Waals surface area (Å²) in [5.74, 6) is 0.490. The number of halogens is 3. The first-order valence-electron chi connectivity index (χ1n) is 8.68. The number of alkyl halides is 3. The monoisotopic (exact) mass is 372 g/mol. The van der Waals surface area contributed by atoms with E-state index in [2.05, 4.69) is 21.6 Å². The molecule has 0 fully saturated rings. The van der Waals surface area contributed by atoms with Crippen molar-refractivity contribution < 1.29 is 17.9 Å². The van der Waals surface area contributed by atoms with Gasteiger partial charge in [-0.3, -0.25) is 0 Å². The van der Waals surface area contributed by atoms with Gasteiger partial charge in [0.15, 0.2) is 5.82 Å². The zero-order valence-corrected chi connectivity index (χ0v) is 14.8. The Morgan fingerprint density at radius 3 is 1.78 bits per heavy atom. The average Bonchev–Trinajstić information content (AvgIpc) is 2.67. The molecule has 0 saturated heterocycles. The number of aryl methyl sites for hydroxylation is 3. The quantitative estimate of drug-likeness (QED) is 0.582. The molecule has 0 unspecified atom stereocenters. The number of ether oxygens (including phenoxy) is 1. The van der Waals surface area contributed by atoms with Crippen LogP contribution in [0.4, 0.5) is 13.2 Å². The molecule has 0 aliphatic heterocycles. The van der Waals surface area contributed by atoms with Crippen LogP contribution in [0.25, 0.3) is 11.4 Å². The maximum absolute atomic E-state index is 12.2. The molecular formula is C21H19F3N2O. The number of hydrogen-bond acceptors (Lipinski definition) is 3. The lowest BCUT2D eigenvalue weighted by Crippen LogP contribution is -2.17. The highest BCUT2D eigenvalue weighted by Crippen LogP contribution is 2.23. The van der Waals surface area contributed by atoms with Crippen molar-refractivity contribution in [1.29, 1.82) is 0 Å². The van der Waals surface area contributed by atoms with Crippen molar-refractivity contribution >= 4 is 0 Å². The number of benzene rings is 2. The second-order valence-electron chi connectivity index (χ2n) is 6.16. The molecule has 6 heteroatoms. The van der Waals surface area contributed by atoms with Crippen LogP contribution in [0.2, 0.25) is 0 Å². The van der Waals surface area contributed by atoms with Gasteiger partial charge in [0.1, 0.15) is 5.75 Å². The van der Waals surface area contributed by atoms with E-state index in [1.54, 1.807) is 12.1 Å². The van der Waals surface area contributed by atoms with Crippen LogP contribution >= 0.6 is 0 Å². The summed E-state index contributed by atoms with van der Waals surface area (Å²) in [4.78, 5) is 8.75. The van der Waals surface area contributed by atoms with E-state index in [0.717, 1.165) is 41.5 Å². The third kappa shape index (κ3) is 5.54. The summed E-state index contributed by atoms with van der Waals surface area (Å²) >= 11 is 0. The first kappa shape index (κ1) is 18.9. The number of hydrogen-bond donors (Lipinski definition) is 0. The Bertz CT molecular complexity index is 858. The molecule has 0 saturated carbocycles. The minimum atomic E-state index is -4.66. The maximum Gasteiger partial charge on any atom is 0.573 e. The van der Waals surface area contributed by atoms with Gasteiger partial charge < -0.3 is 4.74 Å². The highest BCUT2D eigenvalue weighted by atomic mass is 19.4. The van der Waals surface area contributed by atoms with Gasteiger partial charge in [-0.05, 0) is 48.1 Å². The number of aromatic nitrogens is 2. The molecular weight excluding hydrogens is 353 g/mol. The molecule has 27 heavy (non-hydrogen) atoms. The van der Waals surface area contributed by atoms with Gasteiger partial charge in [0.05, 0.1) is 0 Å². The highest BCUT2D eigenvalue weighted by molar-refractivity contribution is 5.55. The fourth-order valence-electron chi connectivity index (χ4n) is 2.65. The SMILES string of the molecule is CCc1cnc(-c2ccc(CCc3ccc(OC(F)(F)F)cc3)cc2)nc1. The Hall–Kier alpha value is -2.89. The second-order valence-corrected chi connectivity index (χ2v) is 6.16. The molecule has 0 atom stereocenters. The van der Waals surface area contributed by atoms with Crippen molar-refractivity contribution in [2.24, 2.45) is 0 Å². The Kier molecular flexibility index (Phi) is 5.74. The predicted octanol–water partition coefficient (Wildman–Crippen LogP) is 5.39. The molecule has 1 heterocycles. The van der Waals surface area contributed by atoms with Crippen LogP contribution in [0, 0.1) is 0 Å². The molecule has 0 aliphatic rings. The molecule has 3 aromatic rings. The van der Waals surface area contributed by atoms with Gasteiger partial charge in [-0.25, -0.2) is 9.97 Å². The molecule has 0 bridgehead atoms. The highest BCUT2D eigenvalue weighted by Gasteiger charge is 2.30. The lowest BCUT2D eigenvalue weighted by molar-refractivity contribution is -0.274. The predicted molar refractivity (Wildman–Crippen MR) is 97.4 cm³/mol. The lowest BCUT2D eigenvalue weighted by Gasteiger charge is -2.09. The fourth-order valence-corrected chi connectivity index (χ4v) is 2.65. The third-order valence-corrected chi connectivity index (χ3v) is 4.18. The van der Waals surface area contributed by atoms with Crippen LogP contribution in [-0.2, 0) is 19.3 Å². The second kappa shape index (κ2) is 8.20. The van der Waals surface area contributed by atoms with E-state index < -0.39 is 6.36 Å². The van der Waals surface area contributed by atoms with Crippen LogP contribution in [0.1, 0.15) is 23.6 Å². The zero-order chi connectivity index (χ0) is 19.3. The van der Waals surface area contributed by atoms with E-state index in [1.807, 2.05) is 36.7 Å². The topological polar surface area (TPSA) is 35.0 Å². The number of nitrogens with zero attached hydrogens (tertiary/aromatic N) is 2. The van der Waals surface area contributed by atoms with Gasteiger partial charge in [0.25, 0.3) is 0 Å². The van der Waals surface area contributed by atoms with Gasteiger partial charge in [-0.1, -0.05) is 43.3 Å². The van der Waals surface area contributed by atoms with Crippen molar-refractivity contribution in [1.82, 2.24) is 9.97 Å². The minimum Gasteiger partial charge on any atom is -0.406 e. The largest absolute Gasteiger partial charge is 0.573 e. The average molecular weight is 372 g/mol. The van der Waals surface area contributed by atoms with Gasteiger partial charge in [-0.15, -0.1) is 13.2 Å². The Morgan fingerprint density at radius 1 is 0.778 bits per heavy atom. The lowest BCUT2D eigenvalue weighted by atomic mass is 10.0. The van der Waals surface area contributed by atoms with E-state index in [0.29, 0.717) is 5.82 Å². The summed E-state index contributed by atoms with van der Waals surface area (Å²) in [6, 6.07) is 14.0. The fraction of sp³-hybridized carbons (Fsp3) is 0.238. The first-order valence-corrected chi connectivity index (χ1v) is 8.68. The summed E-state index contributed by atoms with van der Waals surface area (Å²) in [6.45, 7) is 2.06. The molecule has 0 aliphatic carbocycles. The molecule has 0 N–H and O–H groups in total. The molecule has 2 aromatic carbocycles. The summed E-state index contributed by atoms with van der Waals surface area (Å²) in [7, 11) is 0. The van der Waals surface area contributed by atoms with E-state index in [4.69, 9.17) is 0 Å². The van der Waals surface area contributed by atoms with E-state index >= 15 is 0 Å². The Morgan fingerprint density at radius 2 is 1.30 bits per heavy atom. The molecule has 1 aromatic heterocycles. The normalized spacial score (nSPS) is 11.4. The Balaban J connectivity index is 1.58. The van der Waals surface area contributed by atoms with Crippen LogP contribution in [-0.4, -0.2) is 16.3 Å². The summed E-state index contributed by atoms with van der Waals surface area (Å²) in [5, 5.41) is 0. The summed E-state index contributed by atoms with van der Waals surface area (Å²) in [5.41, 5.74) is 4.14. The summed E-state index contributed by atoms with van der Waals surface area (Å²) in [6.07, 6.45) is 1.43. The summed E-state index contributed by atoms with van der Waals surface area (Å²) < 4.78 is 40.4. The van der Waals surface area contributed by atoms with Gasteiger partial charge in [0.2, 0.25) is 0 Å². The van der Waals surface area contributed by atoms with E-state index in [9.17, 15) is 13.2 Å². The van der Waals surface area contributed by atoms with Crippen molar-refractivity contribution in [3.63, 3.8) is 0 Å². The smallest absolute Gasteiger partial charge is 0.406 e. The first-order chi connectivity index (χ1) is 12.9. The van der Waals surface area contributed by atoms with Crippen LogP contribution in [0.3, 0.4) is 0 Å². The third-order valence-electron chi connectivity index (χ3n) is 4.18. The van der Waals surface area contributed by atoms with Crippen molar-refractivity contribution in [2.45, 2.75) is 32.5 Å². The van der Waals surface area contributed by atoms with Crippen LogP contribution in [0.5, 0.6) is 5.75 Å². The van der Waals surface area contributed by atoms with Crippen molar-refractivity contribution in [3.05, 3.63) is 77.6 Å². The maximum atomic E-state index is 12.2. The van der Waals surface area contributed by atoms with E-state index in [1.165, 1.54) is 12.1 Å². The minimum absolute atomic E-state index is 0.204. The van der Waals surface area contributed by atoms with Crippen LogP contribution in [0.15, 0.2) is 60.9 Å². The van der Waals surface area contributed by atoms with Gasteiger partial charge in [0, 0.05) is 18.0 Å². The molecule has 0 spiro atoms. The molecule has 3 nitrogen and oxygen atoms in total.